The summed E-state index contributed by atoms with van der Waals surface area (Å²) in [5.74, 6) is 0. The Bertz CT molecular complexity index is 10.1. The summed E-state index contributed by atoms with van der Waals surface area (Å²) in [4.78, 5) is 0. The fourth-order valence-electron chi connectivity index (χ4n) is 0. The van der Waals surface area contributed by atoms with Gasteiger partial charge in [0.15, 0.2) is 0 Å². The van der Waals surface area contributed by atoms with Crippen LogP contribution in [0.1, 0.15) is 0 Å². The molecule has 0 aliphatic carbocycles. The minimum atomic E-state index is 0. The molecule has 0 atom stereocenters. The Labute approximate surface area is 152 Å². The molecule has 0 aliphatic rings. The van der Waals surface area contributed by atoms with Crippen molar-refractivity contribution in [3.63, 3.8) is 0 Å². The number of rotatable bonds is 0. The third kappa shape index (κ3) is 35.4. The molecule has 0 N–H and O–H groups in total. The van der Waals surface area contributed by atoms with Crippen molar-refractivity contribution in [3.05, 3.63) is 0 Å². The average molecular weight is 916 g/mol. The first-order chi connectivity index (χ1) is 0. The van der Waals surface area contributed by atoms with Crippen LogP contribution in [0.3, 0.4) is 0 Å². The first-order valence-electron chi connectivity index (χ1n) is 0. The van der Waals surface area contributed by atoms with Crippen LogP contribution < -0.4 is 0 Å². The van der Waals surface area contributed by atoms with Crippen LogP contribution in [0.2, 0.25) is 0 Å². The molecule has 0 nitrogen and oxygen atoms in total. The van der Waals surface area contributed by atoms with Crippen LogP contribution in [0.15, 0.2) is 0 Å². The van der Waals surface area contributed by atoms with Crippen molar-refractivity contribution < 1.29 is 0 Å². The third-order valence-electron chi connectivity index (χ3n) is 0. The molecule has 0 aromatic heterocycles. The molecule has 30 valence electrons. The van der Waals surface area contributed by atoms with E-state index in [2.05, 4.69) is 0 Å². The normalized spacial score (nSPS) is 0. The SMILES string of the molecule is [As-3].[As-3].[As-3].[Ga+3].[Pb+2].[Pb+2].[Pb+2]. The maximum Gasteiger partial charge on any atom is 3.00 e. The van der Waals surface area contributed by atoms with Gasteiger partial charge >= 0.3 is 102 Å². The molecule has 0 saturated heterocycles. The Morgan fingerprint density at radius 2 is 0.429 bits per heavy atom. The van der Waals surface area contributed by atoms with Gasteiger partial charge in [0.25, 0.3) is 0 Å². The molecule has 0 aromatic carbocycles. The number of hydrogen-bond donors (Lipinski definition) is 0. The molecule has 0 saturated carbocycles. The Kier molecular flexibility index (Phi) is 358. The molecule has 0 unspecified atom stereocenters. The molecule has 0 fully saturated rings. The monoisotopic (exact) mass is 918 g/mol. The summed E-state index contributed by atoms with van der Waals surface area (Å²) in [5.41, 5.74) is 0. The standard InChI is InChI=1S/3As.Ga.3Pb/q3*-3;+3;3*+2. The summed E-state index contributed by atoms with van der Waals surface area (Å²) in [6, 6.07) is 0. The van der Waals surface area contributed by atoms with Crippen LogP contribution in [-0.4, -0.2) is 156 Å². The fourth-order valence-corrected chi connectivity index (χ4v) is 0. The van der Waals surface area contributed by atoms with Gasteiger partial charge in [-0.1, -0.05) is 0 Å². The van der Waals surface area contributed by atoms with Gasteiger partial charge in [0, 0.05) is 0 Å². The van der Waals surface area contributed by atoms with Crippen molar-refractivity contribution >= 4 is 156 Å². The first kappa shape index (κ1) is 57.5. The molecule has 0 amide bonds. The summed E-state index contributed by atoms with van der Waals surface area (Å²) >= 11 is 0. The Morgan fingerprint density at radius 3 is 0.429 bits per heavy atom. The van der Waals surface area contributed by atoms with Crippen molar-refractivity contribution in [1.82, 2.24) is 0 Å². The molecule has 6 radical (unpaired) electrons. The van der Waals surface area contributed by atoms with Gasteiger partial charge in [-0.15, -0.1) is 0 Å². The maximum atomic E-state index is 0. The minimum Gasteiger partial charge on any atom is -3.00 e. The molecule has 0 aromatic rings. The van der Waals surface area contributed by atoms with Crippen molar-refractivity contribution in [1.29, 1.82) is 0 Å². The summed E-state index contributed by atoms with van der Waals surface area (Å²) in [6.07, 6.45) is 0. The van der Waals surface area contributed by atoms with Gasteiger partial charge in [0.2, 0.25) is 0 Å². The Morgan fingerprint density at radius 1 is 0.429 bits per heavy atom. The van der Waals surface area contributed by atoms with E-state index in [1.165, 1.54) is 0 Å². The Hall–Kier alpha value is 5.08. The fraction of sp³-hybridized carbons (Fsp3) is 0. The molecule has 7 heavy (non-hydrogen) atoms. The van der Waals surface area contributed by atoms with Gasteiger partial charge in [-0.25, -0.2) is 0 Å². The van der Waals surface area contributed by atoms with E-state index in [1.807, 2.05) is 0 Å². The van der Waals surface area contributed by atoms with Gasteiger partial charge in [-0.05, 0) is 0 Å². The van der Waals surface area contributed by atoms with Gasteiger partial charge in [-0.3, -0.25) is 0 Å². The summed E-state index contributed by atoms with van der Waals surface area (Å²) in [6.45, 7) is 0. The molecule has 0 spiro atoms. The quantitative estimate of drug-likeness (QED) is 0.233. The van der Waals surface area contributed by atoms with Crippen molar-refractivity contribution in [2.24, 2.45) is 0 Å². The zero-order valence-electron chi connectivity index (χ0n) is 3.42. The van der Waals surface area contributed by atoms with Crippen molar-refractivity contribution in [2.45, 2.75) is 0 Å². The zero-order chi connectivity index (χ0) is 0. The smallest absolute Gasteiger partial charge is 3.00 e. The van der Waals surface area contributed by atoms with Crippen LogP contribution in [0.5, 0.6) is 0 Å². The number of hydrogen-bond acceptors (Lipinski definition) is 0. The van der Waals surface area contributed by atoms with E-state index in [0.29, 0.717) is 0 Å². The molecule has 0 rings (SSSR count). The summed E-state index contributed by atoms with van der Waals surface area (Å²) in [5, 5.41) is 0. The topological polar surface area (TPSA) is 0 Å². The maximum absolute atomic E-state index is 0. The van der Waals surface area contributed by atoms with E-state index < -0.39 is 0 Å². The van der Waals surface area contributed by atoms with Crippen LogP contribution in [0, 0.1) is 0 Å². The first-order valence-corrected chi connectivity index (χ1v) is 0. The predicted octanol–water partition coefficient (Wildman–Crippen LogP) is -2.67. The van der Waals surface area contributed by atoms with E-state index in [1.54, 1.807) is 0 Å². The van der Waals surface area contributed by atoms with Gasteiger partial charge in [0.05, 0.1) is 0 Å². The van der Waals surface area contributed by atoms with Crippen molar-refractivity contribution in [3.8, 4) is 0 Å². The van der Waals surface area contributed by atoms with Crippen LogP contribution in [0.4, 0.5) is 0 Å². The third-order valence-corrected chi connectivity index (χ3v) is 0. The van der Waals surface area contributed by atoms with E-state index in [9.17, 15) is 0 Å². The average Bonchev–Trinajstić information content (AvgIpc) is 0. The molecule has 7 heteroatoms. The summed E-state index contributed by atoms with van der Waals surface area (Å²) < 4.78 is 0. The van der Waals surface area contributed by atoms with Crippen molar-refractivity contribution in [2.75, 3.05) is 0 Å². The predicted molar refractivity (Wildman–Crippen MR) is 40.3 cm³/mol. The largest absolute Gasteiger partial charge is 3.00 e. The molecule has 0 bridgehead atoms. The van der Waals surface area contributed by atoms with Crippen LogP contribution in [0.25, 0.3) is 0 Å². The van der Waals surface area contributed by atoms with Gasteiger partial charge < -0.3 is 53.9 Å². The zero-order valence-corrected chi connectivity index (χ0v) is 23.1. The second-order valence-corrected chi connectivity index (χ2v) is 0. The van der Waals surface area contributed by atoms with Crippen LogP contribution >= 0.6 is 0 Å². The summed E-state index contributed by atoms with van der Waals surface area (Å²) in [7, 11) is 0. The van der Waals surface area contributed by atoms with Gasteiger partial charge in [0.1, 0.15) is 0 Å². The molecule has 0 heterocycles. The molecule has 0 aliphatic heterocycles. The van der Waals surface area contributed by atoms with E-state index >= 15 is 0 Å². The molecular formula is As3GaPb3. The van der Waals surface area contributed by atoms with Crippen LogP contribution in [-0.2, 0) is 0 Å². The van der Waals surface area contributed by atoms with E-state index in [4.69, 9.17) is 0 Å². The minimum absolute atomic E-state index is 0. The van der Waals surface area contributed by atoms with E-state index in [0.717, 1.165) is 0 Å². The molecular weight excluding hydrogens is 916 g/mol. The van der Waals surface area contributed by atoms with Gasteiger partial charge in [-0.2, -0.15) is 0 Å². The second-order valence-electron chi connectivity index (χ2n) is 0. The second kappa shape index (κ2) is 43.6. The Balaban J connectivity index is 0. The van der Waals surface area contributed by atoms with E-state index in [-0.39, 0.29) is 156 Å².